The highest BCUT2D eigenvalue weighted by atomic mass is 35.5. The summed E-state index contributed by atoms with van der Waals surface area (Å²) in [6.45, 7) is -0.175. The Morgan fingerprint density at radius 1 is 1.39 bits per heavy atom. The minimum Gasteiger partial charge on any atom is -0.468 e. The molecule has 0 saturated carbocycles. The Balaban J connectivity index is 2.60. The lowest BCUT2D eigenvalue weighted by Crippen LogP contribution is -2.34. The zero-order chi connectivity index (χ0) is 13.7. The van der Waals surface area contributed by atoms with Gasteiger partial charge < -0.3 is 10.1 Å². The highest BCUT2D eigenvalue weighted by Crippen LogP contribution is 2.08. The number of ether oxygens (including phenoxy) is 1. The molecule has 1 aromatic rings. The minimum atomic E-state index is -1.13. The largest absolute Gasteiger partial charge is 0.468 e. The fourth-order valence-corrected chi connectivity index (χ4v) is 1.30. The van der Waals surface area contributed by atoms with Crippen LogP contribution in [0.2, 0.25) is 0 Å². The molecule has 0 aliphatic heterocycles. The Bertz CT molecular complexity index is 468. The molecular formula is C11H10ClF2NO3. The van der Waals surface area contributed by atoms with E-state index < -0.39 is 28.9 Å². The standard InChI is InChI=1S/C11H10ClF2NO3/c1-18-11(17)7(12)5-15-10(16)6-2-3-8(13)9(14)4-6/h2-4,7H,5H2,1H3,(H,15,16). The molecule has 0 aromatic heterocycles. The number of hydrogen-bond acceptors (Lipinski definition) is 3. The van der Waals surface area contributed by atoms with E-state index in [-0.39, 0.29) is 12.1 Å². The molecule has 18 heavy (non-hydrogen) atoms. The summed E-state index contributed by atoms with van der Waals surface area (Å²) in [5.41, 5.74) is -0.0670. The van der Waals surface area contributed by atoms with Crippen LogP contribution < -0.4 is 5.32 Å². The maximum absolute atomic E-state index is 12.9. The van der Waals surface area contributed by atoms with E-state index in [0.717, 1.165) is 25.3 Å². The molecule has 0 aliphatic rings. The third-order valence-electron chi connectivity index (χ3n) is 2.08. The van der Waals surface area contributed by atoms with Crippen molar-refractivity contribution in [3.05, 3.63) is 35.4 Å². The summed E-state index contributed by atoms with van der Waals surface area (Å²) in [5, 5.41) is 1.26. The van der Waals surface area contributed by atoms with Crippen LogP contribution >= 0.6 is 11.6 Å². The number of amides is 1. The number of methoxy groups -OCH3 is 1. The predicted molar refractivity (Wildman–Crippen MR) is 60.3 cm³/mol. The van der Waals surface area contributed by atoms with E-state index in [9.17, 15) is 18.4 Å². The average molecular weight is 278 g/mol. The summed E-state index contributed by atoms with van der Waals surface area (Å²) in [6.07, 6.45) is 0. The Morgan fingerprint density at radius 2 is 2.06 bits per heavy atom. The number of halogens is 3. The van der Waals surface area contributed by atoms with Gasteiger partial charge in [0.15, 0.2) is 11.6 Å². The van der Waals surface area contributed by atoms with Crippen molar-refractivity contribution in [1.82, 2.24) is 5.32 Å². The molecule has 98 valence electrons. The molecule has 1 unspecified atom stereocenters. The maximum atomic E-state index is 12.9. The van der Waals surface area contributed by atoms with Crippen molar-refractivity contribution in [3.63, 3.8) is 0 Å². The van der Waals surface area contributed by atoms with Gasteiger partial charge in [0.2, 0.25) is 0 Å². The first kappa shape index (κ1) is 14.4. The van der Waals surface area contributed by atoms with Crippen molar-refractivity contribution in [2.75, 3.05) is 13.7 Å². The number of esters is 1. The van der Waals surface area contributed by atoms with Gasteiger partial charge in [-0.25, -0.2) is 8.78 Å². The van der Waals surface area contributed by atoms with Crippen LogP contribution in [0.5, 0.6) is 0 Å². The molecule has 1 aromatic carbocycles. The van der Waals surface area contributed by atoms with Crippen LogP contribution in [-0.2, 0) is 9.53 Å². The number of benzene rings is 1. The number of carbonyl (C=O) groups excluding carboxylic acids is 2. The highest BCUT2D eigenvalue weighted by Gasteiger charge is 2.17. The van der Waals surface area contributed by atoms with Crippen molar-refractivity contribution in [2.24, 2.45) is 0 Å². The molecule has 1 amide bonds. The summed E-state index contributed by atoms with van der Waals surface area (Å²) in [4.78, 5) is 22.5. The average Bonchev–Trinajstić information content (AvgIpc) is 2.37. The van der Waals surface area contributed by atoms with Gasteiger partial charge in [-0.3, -0.25) is 9.59 Å². The van der Waals surface area contributed by atoms with E-state index in [1.165, 1.54) is 0 Å². The van der Waals surface area contributed by atoms with Gasteiger partial charge in [-0.05, 0) is 18.2 Å². The van der Waals surface area contributed by atoms with E-state index in [1.807, 2.05) is 0 Å². The molecule has 0 spiro atoms. The smallest absolute Gasteiger partial charge is 0.325 e. The molecule has 0 bridgehead atoms. The van der Waals surface area contributed by atoms with E-state index in [2.05, 4.69) is 10.1 Å². The lowest BCUT2D eigenvalue weighted by Gasteiger charge is -2.09. The van der Waals surface area contributed by atoms with Gasteiger partial charge in [0.25, 0.3) is 5.91 Å². The van der Waals surface area contributed by atoms with Crippen molar-refractivity contribution >= 4 is 23.5 Å². The first-order valence-corrected chi connectivity index (χ1v) is 5.34. The molecule has 1 atom stereocenters. The Morgan fingerprint density at radius 3 is 2.61 bits per heavy atom. The molecule has 0 saturated heterocycles. The number of alkyl halides is 1. The molecule has 1 N–H and O–H groups in total. The Hall–Kier alpha value is -1.69. The second kappa shape index (κ2) is 6.30. The fourth-order valence-electron chi connectivity index (χ4n) is 1.13. The minimum absolute atomic E-state index is 0.0670. The van der Waals surface area contributed by atoms with Gasteiger partial charge in [0.1, 0.15) is 5.38 Å². The van der Waals surface area contributed by atoms with Crippen LogP contribution in [-0.4, -0.2) is 30.9 Å². The fraction of sp³-hybridized carbons (Fsp3) is 0.273. The lowest BCUT2D eigenvalue weighted by atomic mass is 10.2. The van der Waals surface area contributed by atoms with Gasteiger partial charge >= 0.3 is 5.97 Å². The normalized spacial score (nSPS) is 11.8. The van der Waals surface area contributed by atoms with E-state index in [1.54, 1.807) is 0 Å². The highest BCUT2D eigenvalue weighted by molar-refractivity contribution is 6.30. The topological polar surface area (TPSA) is 55.4 Å². The number of rotatable bonds is 4. The summed E-state index contributed by atoms with van der Waals surface area (Å²) < 4.78 is 29.9. The number of hydrogen-bond donors (Lipinski definition) is 1. The summed E-state index contributed by atoms with van der Waals surface area (Å²) in [5.74, 6) is -3.53. The molecule has 0 radical (unpaired) electrons. The summed E-state index contributed by atoms with van der Waals surface area (Å²) >= 11 is 5.60. The van der Waals surface area contributed by atoms with Crippen molar-refractivity contribution in [3.8, 4) is 0 Å². The van der Waals surface area contributed by atoms with Gasteiger partial charge in [-0.15, -0.1) is 11.6 Å². The van der Waals surface area contributed by atoms with E-state index >= 15 is 0 Å². The molecule has 0 aliphatic carbocycles. The molecule has 0 fully saturated rings. The Kier molecular flexibility index (Phi) is 5.03. The molecule has 0 heterocycles. The van der Waals surface area contributed by atoms with Gasteiger partial charge in [-0.1, -0.05) is 0 Å². The Labute approximate surface area is 107 Å². The zero-order valence-corrected chi connectivity index (χ0v) is 10.1. The van der Waals surface area contributed by atoms with Crippen LogP contribution in [0, 0.1) is 11.6 Å². The molecule has 4 nitrogen and oxygen atoms in total. The van der Waals surface area contributed by atoms with Crippen LogP contribution in [0.15, 0.2) is 18.2 Å². The second-order valence-corrected chi connectivity index (χ2v) is 3.86. The van der Waals surface area contributed by atoms with Gasteiger partial charge in [0.05, 0.1) is 7.11 Å². The third-order valence-corrected chi connectivity index (χ3v) is 2.41. The second-order valence-electron chi connectivity index (χ2n) is 3.33. The maximum Gasteiger partial charge on any atom is 0.325 e. The molecular weight excluding hydrogens is 268 g/mol. The van der Waals surface area contributed by atoms with Crippen LogP contribution in [0.1, 0.15) is 10.4 Å². The zero-order valence-electron chi connectivity index (χ0n) is 9.38. The predicted octanol–water partition coefficient (Wildman–Crippen LogP) is 1.47. The lowest BCUT2D eigenvalue weighted by molar-refractivity contribution is -0.140. The summed E-state index contributed by atoms with van der Waals surface area (Å²) in [7, 11) is 1.16. The summed E-state index contributed by atoms with van der Waals surface area (Å²) in [6, 6.07) is 2.71. The quantitative estimate of drug-likeness (QED) is 0.670. The third kappa shape index (κ3) is 3.66. The first-order valence-electron chi connectivity index (χ1n) is 4.91. The monoisotopic (exact) mass is 277 g/mol. The number of carbonyl (C=O) groups is 2. The SMILES string of the molecule is COC(=O)C(Cl)CNC(=O)c1ccc(F)c(F)c1. The van der Waals surface area contributed by atoms with Crippen molar-refractivity contribution in [2.45, 2.75) is 5.38 Å². The van der Waals surface area contributed by atoms with Gasteiger partial charge in [-0.2, -0.15) is 0 Å². The van der Waals surface area contributed by atoms with Crippen LogP contribution in [0.4, 0.5) is 8.78 Å². The van der Waals surface area contributed by atoms with Crippen LogP contribution in [0.3, 0.4) is 0 Å². The van der Waals surface area contributed by atoms with Gasteiger partial charge in [0, 0.05) is 12.1 Å². The molecule has 1 rings (SSSR count). The first-order chi connectivity index (χ1) is 8.45. The van der Waals surface area contributed by atoms with E-state index in [0.29, 0.717) is 0 Å². The molecule has 7 heteroatoms. The van der Waals surface area contributed by atoms with E-state index in [4.69, 9.17) is 11.6 Å². The van der Waals surface area contributed by atoms with Crippen molar-refractivity contribution < 1.29 is 23.1 Å². The van der Waals surface area contributed by atoms with Crippen molar-refractivity contribution in [1.29, 1.82) is 0 Å². The van der Waals surface area contributed by atoms with Crippen LogP contribution in [0.25, 0.3) is 0 Å². The number of nitrogens with one attached hydrogen (secondary N) is 1.